The number of nitrogens with one attached hydrogen (secondary N) is 3. The number of benzene rings is 3. The monoisotopic (exact) mass is 1030 g/mol. The highest BCUT2D eigenvalue weighted by molar-refractivity contribution is 5.93. The molecular formula is C62H69N11O4. The van der Waals surface area contributed by atoms with Crippen molar-refractivity contribution < 1.29 is 19.5 Å². The van der Waals surface area contributed by atoms with Gasteiger partial charge in [0, 0.05) is 95.7 Å². The molecule has 15 nitrogen and oxygen atoms in total. The normalized spacial score (nSPS) is 22.8. The van der Waals surface area contributed by atoms with Crippen LogP contribution in [-0.2, 0) is 0 Å². The van der Waals surface area contributed by atoms with Crippen molar-refractivity contribution in [3.05, 3.63) is 144 Å². The van der Waals surface area contributed by atoms with Gasteiger partial charge >= 0.3 is 18.1 Å². The summed E-state index contributed by atoms with van der Waals surface area (Å²) >= 11 is 0. The quantitative estimate of drug-likeness (QED) is 0.114. The van der Waals surface area contributed by atoms with E-state index in [4.69, 9.17) is 5.11 Å². The Hall–Kier alpha value is -8.14. The molecule has 9 heterocycles. The highest BCUT2D eigenvalue weighted by atomic mass is 16.2. The molecule has 8 aliphatic rings. The fourth-order valence-electron chi connectivity index (χ4n) is 12.4. The van der Waals surface area contributed by atoms with E-state index < -0.39 is 0 Å². The number of aliphatic hydroxyl groups excluding tert-OH is 1. The zero-order chi connectivity index (χ0) is 54.0. The number of hydrogen-bond acceptors (Lipinski definition) is 9. The zero-order valence-electron chi connectivity index (χ0n) is 44.5. The highest BCUT2D eigenvalue weighted by Gasteiger charge is 2.48. The van der Waals surface area contributed by atoms with Crippen molar-refractivity contribution >= 4 is 35.2 Å². The number of carbonyl (C=O) groups is 3. The molecule has 0 radical (unpaired) electrons. The number of aromatic nitrogens is 3. The highest BCUT2D eigenvalue weighted by Crippen LogP contribution is 2.44. The molecule has 0 spiro atoms. The molecule has 6 saturated heterocycles. The van der Waals surface area contributed by atoms with Gasteiger partial charge in [0.25, 0.3) is 0 Å². The number of fused-ring (bicyclic) bond motifs is 6. The second-order valence-electron chi connectivity index (χ2n) is 21.0. The van der Waals surface area contributed by atoms with Crippen LogP contribution in [-0.4, -0.2) is 96.2 Å². The van der Waals surface area contributed by atoms with Crippen LogP contribution < -0.4 is 16.0 Å². The van der Waals surface area contributed by atoms with E-state index in [9.17, 15) is 24.9 Å². The number of carbonyl (C=O) groups excluding carboxylic acids is 3. The van der Waals surface area contributed by atoms with Gasteiger partial charge in [-0.15, -0.1) is 0 Å². The molecule has 15 heteroatoms. The van der Waals surface area contributed by atoms with Crippen molar-refractivity contribution in [2.24, 2.45) is 11.8 Å². The molecule has 3 unspecified atom stereocenters. The van der Waals surface area contributed by atoms with E-state index >= 15 is 0 Å². The summed E-state index contributed by atoms with van der Waals surface area (Å²) in [5.74, 6) is 1.52. The number of rotatable bonds is 8. The summed E-state index contributed by atoms with van der Waals surface area (Å²) in [5, 5.41) is 34.8. The Morgan fingerprint density at radius 1 is 0.506 bits per heavy atom. The standard InChI is InChI=1S/2C21H22N4O.C19H21N3O.CH4O/c2*1-2-14-9-17-12-18(10-14)25(17)21(26)24-16-7-6-15(13-22)19(11-16)20-5-3-4-8-23-20;1-13-8-9-14(11-17(13)18-7-2-3-10-20-18)21-19(23)22-15-5-4-6-16(22)12-15;1-2/h2*3-8,11,14,17-18H,2,9-10,12H2,1H3,(H,24,26);2-3,7-11,15-16H,4-6,12H2,1H3,(H,21,23);2H,1H3/t14?,17-,18?;14?,17-,18+;15-,16+;/m1.../s1. The van der Waals surface area contributed by atoms with Gasteiger partial charge in [0.15, 0.2) is 0 Å². The second-order valence-corrected chi connectivity index (χ2v) is 21.0. The number of nitrogens with zero attached hydrogens (tertiary/aromatic N) is 8. The Labute approximate surface area is 452 Å². The third-order valence-electron chi connectivity index (χ3n) is 16.4. The van der Waals surface area contributed by atoms with Crippen LogP contribution in [0.25, 0.3) is 33.8 Å². The molecule has 6 aromatic rings. The van der Waals surface area contributed by atoms with Crippen molar-refractivity contribution in [1.82, 2.24) is 29.7 Å². The molecule has 8 fully saturated rings. The molecule has 6 aliphatic heterocycles. The minimum atomic E-state index is -0.0301. The van der Waals surface area contributed by atoms with Gasteiger partial charge in [-0.2, -0.15) is 10.5 Å². The van der Waals surface area contributed by atoms with E-state index in [-0.39, 0.29) is 18.1 Å². The maximum absolute atomic E-state index is 12.7. The molecule has 4 N–H and O–H groups in total. The van der Waals surface area contributed by atoms with Crippen LogP contribution in [0.2, 0.25) is 0 Å². The van der Waals surface area contributed by atoms with Gasteiger partial charge in [-0.25, -0.2) is 14.4 Å². The maximum Gasteiger partial charge on any atom is 0.322 e. The summed E-state index contributed by atoms with van der Waals surface area (Å²) in [5.41, 5.74) is 9.42. The van der Waals surface area contributed by atoms with E-state index in [1.54, 1.807) is 42.9 Å². The Balaban J connectivity index is 0.000000139. The zero-order valence-corrected chi connectivity index (χ0v) is 44.5. The number of aryl methyl sites for hydroxylation is 1. The van der Waals surface area contributed by atoms with Gasteiger partial charge in [-0.3, -0.25) is 15.0 Å². The third kappa shape index (κ3) is 12.0. The summed E-state index contributed by atoms with van der Waals surface area (Å²) in [4.78, 5) is 57.1. The molecular weight excluding hydrogens is 963 g/mol. The van der Waals surface area contributed by atoms with Crippen LogP contribution >= 0.6 is 0 Å². The predicted octanol–water partition coefficient (Wildman–Crippen LogP) is 12.7. The van der Waals surface area contributed by atoms with E-state index in [0.29, 0.717) is 58.8 Å². The van der Waals surface area contributed by atoms with Crippen LogP contribution in [0.1, 0.15) is 108 Å². The van der Waals surface area contributed by atoms with Crippen molar-refractivity contribution in [2.45, 2.75) is 134 Å². The first-order valence-electron chi connectivity index (χ1n) is 27.3. The molecule has 77 heavy (non-hydrogen) atoms. The lowest BCUT2D eigenvalue weighted by Gasteiger charge is -2.55. The smallest absolute Gasteiger partial charge is 0.322 e. The maximum atomic E-state index is 12.7. The minimum Gasteiger partial charge on any atom is -0.400 e. The fraction of sp³-hybridized carbons (Fsp3) is 0.387. The van der Waals surface area contributed by atoms with Crippen molar-refractivity contribution in [3.63, 3.8) is 0 Å². The predicted molar refractivity (Wildman–Crippen MR) is 300 cm³/mol. The van der Waals surface area contributed by atoms with Gasteiger partial charge in [-0.1, -0.05) is 51.0 Å². The lowest BCUT2D eigenvalue weighted by molar-refractivity contribution is -0.0114. The van der Waals surface area contributed by atoms with Gasteiger partial charge in [0.05, 0.1) is 40.3 Å². The molecule has 3 aromatic carbocycles. The first kappa shape index (κ1) is 53.7. The third-order valence-corrected chi connectivity index (χ3v) is 16.4. The van der Waals surface area contributed by atoms with Gasteiger partial charge in [0.2, 0.25) is 0 Å². The van der Waals surface area contributed by atoms with Crippen LogP contribution in [0.4, 0.5) is 31.4 Å². The van der Waals surface area contributed by atoms with E-state index in [0.717, 1.165) is 115 Å². The summed E-state index contributed by atoms with van der Waals surface area (Å²) in [7, 11) is 1.00. The number of anilines is 3. The average Bonchev–Trinajstić information content (AvgIpc) is 3.49. The largest absolute Gasteiger partial charge is 0.400 e. The minimum absolute atomic E-state index is 0.0301. The number of nitriles is 2. The van der Waals surface area contributed by atoms with Crippen molar-refractivity contribution in [3.8, 4) is 45.9 Å². The molecule has 6 bridgehead atoms. The Bertz CT molecular complexity index is 2930. The Morgan fingerprint density at radius 3 is 1.21 bits per heavy atom. The number of hydrogen-bond donors (Lipinski definition) is 4. The van der Waals surface area contributed by atoms with Crippen LogP contribution in [0.3, 0.4) is 0 Å². The molecule has 2 aliphatic carbocycles. The fourth-order valence-corrected chi connectivity index (χ4v) is 12.4. The van der Waals surface area contributed by atoms with E-state index in [1.807, 2.05) is 99.6 Å². The summed E-state index contributed by atoms with van der Waals surface area (Å²) < 4.78 is 0. The second kappa shape index (κ2) is 24.7. The molecule has 6 amide bonds. The van der Waals surface area contributed by atoms with Gasteiger partial charge in [0.1, 0.15) is 0 Å². The average molecular weight is 1030 g/mol. The number of pyridine rings is 3. The van der Waals surface area contributed by atoms with Gasteiger partial charge < -0.3 is 35.8 Å². The molecule has 2 saturated carbocycles. The van der Waals surface area contributed by atoms with Crippen LogP contribution in [0, 0.1) is 41.4 Å². The van der Waals surface area contributed by atoms with Crippen molar-refractivity contribution in [2.75, 3.05) is 23.1 Å². The summed E-state index contributed by atoms with van der Waals surface area (Å²) in [6.45, 7) is 6.53. The molecule has 396 valence electrons. The van der Waals surface area contributed by atoms with Gasteiger partial charge in [-0.05, 0) is 173 Å². The topological polar surface area (TPSA) is 204 Å². The molecule has 8 atom stereocenters. The van der Waals surface area contributed by atoms with Crippen molar-refractivity contribution in [1.29, 1.82) is 10.5 Å². The first-order valence-corrected chi connectivity index (χ1v) is 27.3. The van der Waals surface area contributed by atoms with Crippen LogP contribution in [0.5, 0.6) is 0 Å². The van der Waals surface area contributed by atoms with Crippen LogP contribution in [0.15, 0.2) is 128 Å². The number of amides is 6. The SMILES string of the molecule is CCC1CC2C[C@@H](C1)N2C(=O)Nc1ccc(C#N)c(-c2ccccn2)c1.CCC1C[C@@H]2C[C@H](C1)N2C(=O)Nc1ccc(C#N)c(-c2ccccn2)c1.CO.Cc1ccc(NC(=O)N2[C@@H]3CCC[C@H]2C3)cc1-c1ccccn1. The van der Waals surface area contributed by atoms with E-state index in [2.05, 4.69) is 63.8 Å². The number of aliphatic hydroxyl groups is 1. The Kier molecular flexibility index (Phi) is 17.2. The lowest BCUT2D eigenvalue weighted by Crippen LogP contribution is -2.63. The lowest BCUT2D eigenvalue weighted by atomic mass is 9.73. The summed E-state index contributed by atoms with van der Waals surface area (Å²) in [6, 6.07) is 40.6. The summed E-state index contributed by atoms with van der Waals surface area (Å²) in [6.07, 6.45) is 19.1. The molecule has 3 aromatic heterocycles. The molecule has 14 rings (SSSR count). The van der Waals surface area contributed by atoms with E-state index in [1.165, 1.54) is 25.7 Å². The first-order chi connectivity index (χ1) is 37.6. The Morgan fingerprint density at radius 2 is 0.857 bits per heavy atom. The number of piperidine rings is 3. The number of urea groups is 3.